The lowest BCUT2D eigenvalue weighted by Crippen LogP contribution is -3.06. The third-order valence-electron chi connectivity index (χ3n) is 7.18. The highest BCUT2D eigenvalue weighted by Crippen LogP contribution is 2.38. The molecule has 0 aliphatic carbocycles. The van der Waals surface area contributed by atoms with E-state index in [-0.39, 0.29) is 42.5 Å². The maximum atomic E-state index is 13.8. The number of hydrogen-bond donors (Lipinski definition) is 4. The first-order valence-electron chi connectivity index (χ1n) is 13.5. The number of quaternary nitrogens is 1. The Morgan fingerprint density at radius 1 is 1.21 bits per heavy atom. The van der Waals surface area contributed by atoms with Crippen LogP contribution in [0.4, 0.5) is 5.69 Å². The number of nitrogens with two attached hydrogens (primary N) is 1. The number of esters is 1. The van der Waals surface area contributed by atoms with Gasteiger partial charge in [0.05, 0.1) is 24.5 Å². The van der Waals surface area contributed by atoms with E-state index in [1.807, 2.05) is 6.92 Å². The lowest BCUT2D eigenvalue weighted by atomic mass is 9.80. The molecule has 11 nitrogen and oxygen atoms in total. The summed E-state index contributed by atoms with van der Waals surface area (Å²) in [6.07, 6.45) is 6.42. The molecule has 0 radical (unpaired) electrons. The van der Waals surface area contributed by atoms with Crippen molar-refractivity contribution in [1.29, 1.82) is 0 Å². The number of anilines is 1. The molecule has 3 atom stereocenters. The van der Waals surface area contributed by atoms with Crippen molar-refractivity contribution in [1.82, 2.24) is 5.32 Å². The largest absolute Gasteiger partial charge is 0.599 e. The number of amides is 2. The fourth-order valence-electron chi connectivity index (χ4n) is 5.05. The number of terminal acetylenes is 1. The number of hydrogen-bond acceptors (Lipinski definition) is 9. The molecule has 0 bridgehead atoms. The third kappa shape index (κ3) is 6.42. The molecule has 2 aromatic carbocycles. The van der Waals surface area contributed by atoms with Crippen LogP contribution >= 0.6 is 0 Å². The van der Waals surface area contributed by atoms with Crippen molar-refractivity contribution in [3.05, 3.63) is 93.1 Å². The maximum absolute atomic E-state index is 13.8. The second kappa shape index (κ2) is 13.3. The molecule has 0 saturated heterocycles. The average Bonchev–Trinajstić information content (AvgIpc) is 2.98. The van der Waals surface area contributed by atoms with E-state index < -0.39 is 28.9 Å². The molecule has 218 valence electrons. The predicted octanol–water partition coefficient (Wildman–Crippen LogP) is 1.67. The van der Waals surface area contributed by atoms with Crippen molar-refractivity contribution in [2.24, 2.45) is 16.8 Å². The molecule has 0 fully saturated rings. The van der Waals surface area contributed by atoms with Gasteiger partial charge in [-0.05, 0) is 43.2 Å². The monoisotopic (exact) mass is 571 g/mol. The third-order valence-corrected chi connectivity index (χ3v) is 7.18. The lowest BCUT2D eigenvalue weighted by molar-refractivity contribution is -0.774. The minimum Gasteiger partial charge on any atom is -0.599 e. The van der Waals surface area contributed by atoms with Gasteiger partial charge >= 0.3 is 11.9 Å². The number of benzene rings is 2. The van der Waals surface area contributed by atoms with Crippen molar-refractivity contribution in [2.75, 3.05) is 25.6 Å². The Morgan fingerprint density at radius 3 is 2.62 bits per heavy atom. The number of allylic oxidation sites excluding steroid dienone is 1. The fraction of sp³-hybridized carbons (Fsp3) is 0.290. The molecule has 3 unspecified atom stereocenters. The van der Waals surface area contributed by atoms with Crippen LogP contribution in [0, 0.1) is 23.5 Å². The number of rotatable bonds is 9. The van der Waals surface area contributed by atoms with E-state index >= 15 is 0 Å². The number of nitrogens with one attached hydrogen (secondary N) is 3. The van der Waals surface area contributed by atoms with Crippen LogP contribution in [-0.2, 0) is 23.9 Å². The van der Waals surface area contributed by atoms with E-state index in [4.69, 9.17) is 21.6 Å². The number of hydroxylamine groups is 1. The Bertz CT molecular complexity index is 1520. The van der Waals surface area contributed by atoms with Gasteiger partial charge in [-0.3, -0.25) is 4.79 Å². The molecule has 2 aliphatic heterocycles. The Labute approximate surface area is 244 Å². The molecule has 0 saturated carbocycles. The van der Waals surface area contributed by atoms with E-state index in [0.29, 0.717) is 40.2 Å². The van der Waals surface area contributed by atoms with Crippen molar-refractivity contribution < 1.29 is 29.0 Å². The van der Waals surface area contributed by atoms with Crippen LogP contribution in [-0.4, -0.2) is 43.8 Å². The van der Waals surface area contributed by atoms with Crippen LogP contribution in [0.15, 0.2) is 76.3 Å². The maximum Gasteiger partial charge on any atom is 0.338 e. The van der Waals surface area contributed by atoms with E-state index in [1.165, 1.54) is 7.11 Å². The zero-order chi connectivity index (χ0) is 30.4. The molecule has 4 rings (SSSR count). The summed E-state index contributed by atoms with van der Waals surface area (Å²) in [4.78, 5) is 38.9. The van der Waals surface area contributed by atoms with Gasteiger partial charge in [0.1, 0.15) is 18.1 Å². The highest BCUT2D eigenvalue weighted by molar-refractivity contribution is 6.09. The minimum absolute atomic E-state index is 0.00371. The van der Waals surface area contributed by atoms with Crippen LogP contribution in [0.5, 0.6) is 0 Å². The molecule has 2 aliphatic rings. The predicted molar refractivity (Wildman–Crippen MR) is 156 cm³/mol. The van der Waals surface area contributed by atoms with E-state index in [2.05, 4.69) is 21.7 Å². The Kier molecular flexibility index (Phi) is 9.54. The van der Waals surface area contributed by atoms with Gasteiger partial charge in [0.25, 0.3) is 5.91 Å². The summed E-state index contributed by atoms with van der Waals surface area (Å²) in [6, 6.07) is 13.8. The summed E-state index contributed by atoms with van der Waals surface area (Å²) >= 11 is 0. The van der Waals surface area contributed by atoms with Gasteiger partial charge in [0, 0.05) is 41.1 Å². The summed E-state index contributed by atoms with van der Waals surface area (Å²) in [5.74, 6) is -0.0343. The van der Waals surface area contributed by atoms with Crippen molar-refractivity contribution in [3.8, 4) is 12.3 Å². The SMILES string of the molecule is C#Cc1cccc(C2C(C(=O)Nc3ccc(C4=N[NH+]([O-])C(=O)CC4CC)cc3)=C(C)NC(N)=C2C(=O)OCCOC)c1. The molecule has 2 aromatic rings. The molecule has 2 heterocycles. The van der Waals surface area contributed by atoms with E-state index in [0.717, 1.165) is 0 Å². The lowest BCUT2D eigenvalue weighted by Gasteiger charge is -2.30. The number of carbonyl (C=O) groups is 3. The molecule has 11 heteroatoms. The van der Waals surface area contributed by atoms with Crippen LogP contribution in [0.3, 0.4) is 0 Å². The van der Waals surface area contributed by atoms with E-state index in [9.17, 15) is 19.6 Å². The second-order valence-corrected chi connectivity index (χ2v) is 9.89. The number of ether oxygens (including phenoxy) is 2. The highest BCUT2D eigenvalue weighted by atomic mass is 16.6. The Hall–Kier alpha value is -4.76. The zero-order valence-corrected chi connectivity index (χ0v) is 23.7. The number of nitrogens with zero attached hydrogens (tertiary/aromatic N) is 1. The standard InChI is InChI=1S/C31H33N5O6/c1-5-19-8-7-9-22(16-19)26-25(18(3)33-29(32)27(26)31(39)42-15-14-41-4)30(38)34-23-12-10-21(11-13-23)28-20(6-2)17-24(37)36(40)35-28/h1,7-13,16,20,26,33,36H,6,14-15,17,32H2,2-4H3,(H,34,38). The van der Waals surface area contributed by atoms with Crippen LogP contribution < -0.4 is 21.5 Å². The van der Waals surface area contributed by atoms with Gasteiger partial charge in [-0.15, -0.1) is 6.42 Å². The minimum atomic E-state index is -0.876. The zero-order valence-electron chi connectivity index (χ0n) is 23.7. The molecular weight excluding hydrogens is 538 g/mol. The first-order valence-corrected chi connectivity index (χ1v) is 13.5. The molecule has 0 aromatic heterocycles. The normalized spacial score (nSPS) is 20.4. The van der Waals surface area contributed by atoms with Crippen LogP contribution in [0.25, 0.3) is 0 Å². The summed E-state index contributed by atoms with van der Waals surface area (Å²) in [5, 5.41) is 21.1. The van der Waals surface area contributed by atoms with Crippen molar-refractivity contribution >= 4 is 29.2 Å². The van der Waals surface area contributed by atoms with Gasteiger partial charge in [-0.2, -0.15) is 5.17 Å². The summed E-state index contributed by atoms with van der Waals surface area (Å²) < 4.78 is 10.4. The van der Waals surface area contributed by atoms with Crippen molar-refractivity contribution in [3.63, 3.8) is 0 Å². The first kappa shape index (κ1) is 30.2. The summed E-state index contributed by atoms with van der Waals surface area (Å²) in [7, 11) is 1.49. The number of carbonyl (C=O) groups excluding carboxylic acids is 3. The van der Waals surface area contributed by atoms with E-state index in [1.54, 1.807) is 55.5 Å². The number of methoxy groups -OCH3 is 1. The molecule has 0 spiro atoms. The van der Waals surface area contributed by atoms with Crippen LogP contribution in [0.1, 0.15) is 49.3 Å². The topological polar surface area (TPSA) is 160 Å². The summed E-state index contributed by atoms with van der Waals surface area (Å²) in [6.45, 7) is 3.83. The summed E-state index contributed by atoms with van der Waals surface area (Å²) in [5.41, 5.74) is 9.96. The molecule has 42 heavy (non-hydrogen) atoms. The van der Waals surface area contributed by atoms with Crippen molar-refractivity contribution in [2.45, 2.75) is 32.6 Å². The quantitative estimate of drug-likeness (QED) is 0.153. The second-order valence-electron chi connectivity index (χ2n) is 9.89. The van der Waals surface area contributed by atoms with Gasteiger partial charge in [0.2, 0.25) is 0 Å². The van der Waals surface area contributed by atoms with Gasteiger partial charge in [0.15, 0.2) is 0 Å². The Balaban J connectivity index is 1.66. The fourth-order valence-corrected chi connectivity index (χ4v) is 5.05. The first-order chi connectivity index (χ1) is 20.2. The Morgan fingerprint density at radius 2 is 1.95 bits per heavy atom. The molecular formula is C31H33N5O6. The molecule has 2 amide bonds. The number of dihydropyridines is 1. The smallest absolute Gasteiger partial charge is 0.338 e. The highest BCUT2D eigenvalue weighted by Gasteiger charge is 2.38. The van der Waals surface area contributed by atoms with Crippen LogP contribution in [0.2, 0.25) is 0 Å². The average molecular weight is 572 g/mol. The molecule has 5 N–H and O–H groups in total. The van der Waals surface area contributed by atoms with Gasteiger partial charge in [-0.1, -0.05) is 42.2 Å². The van der Waals surface area contributed by atoms with Gasteiger partial charge < -0.3 is 31.0 Å². The van der Waals surface area contributed by atoms with Gasteiger partial charge in [-0.25, -0.2) is 9.59 Å².